The molecule has 0 aliphatic carbocycles. The summed E-state index contributed by atoms with van der Waals surface area (Å²) in [5.74, 6) is 0.622. The van der Waals surface area contributed by atoms with Crippen LogP contribution in [0.2, 0.25) is 0 Å². The Balaban J connectivity index is 1.23. The highest BCUT2D eigenvalue weighted by Crippen LogP contribution is 2.28. The molecule has 2 aliphatic heterocycles. The van der Waals surface area contributed by atoms with Gasteiger partial charge in [-0.25, -0.2) is 18.7 Å². The summed E-state index contributed by atoms with van der Waals surface area (Å²) in [7, 11) is 0. The number of benzene rings is 1. The highest BCUT2D eigenvalue weighted by Gasteiger charge is 2.33. The van der Waals surface area contributed by atoms with Crippen LogP contribution in [-0.4, -0.2) is 51.7 Å². The lowest BCUT2D eigenvalue weighted by Crippen LogP contribution is -2.57. The Morgan fingerprint density at radius 2 is 1.82 bits per heavy atom. The van der Waals surface area contributed by atoms with Crippen LogP contribution in [0.3, 0.4) is 0 Å². The molecule has 1 unspecified atom stereocenters. The van der Waals surface area contributed by atoms with Crippen molar-refractivity contribution in [3.63, 3.8) is 0 Å². The van der Waals surface area contributed by atoms with Crippen molar-refractivity contribution in [2.75, 3.05) is 31.1 Å². The molecule has 0 N–H and O–H groups in total. The fourth-order valence-electron chi connectivity index (χ4n) is 4.67. The minimum Gasteiger partial charge on any atom is -0.347 e. The second-order valence-corrected chi connectivity index (χ2v) is 7.91. The van der Waals surface area contributed by atoms with E-state index < -0.39 is 5.82 Å². The number of fused-ring (bicyclic) bond motifs is 2. The van der Waals surface area contributed by atoms with Crippen molar-refractivity contribution in [2.24, 2.45) is 5.92 Å². The van der Waals surface area contributed by atoms with Crippen LogP contribution in [0.5, 0.6) is 0 Å². The van der Waals surface area contributed by atoms with E-state index in [0.717, 1.165) is 50.0 Å². The highest BCUT2D eigenvalue weighted by atomic mass is 19.1. The highest BCUT2D eigenvalue weighted by molar-refractivity contribution is 5.80. The lowest BCUT2D eigenvalue weighted by molar-refractivity contribution is 0.0888. The summed E-state index contributed by atoms with van der Waals surface area (Å²) in [5, 5.41) is 0.960. The summed E-state index contributed by atoms with van der Waals surface area (Å²) in [6.45, 7) is 4.76. The maximum absolute atomic E-state index is 13.4. The molecule has 7 heteroatoms. The van der Waals surface area contributed by atoms with Crippen LogP contribution in [0.25, 0.3) is 10.9 Å². The first kappa shape index (κ1) is 17.6. The van der Waals surface area contributed by atoms with Gasteiger partial charge in [0.25, 0.3) is 0 Å². The summed E-state index contributed by atoms with van der Waals surface area (Å²) < 4.78 is 28.7. The van der Waals surface area contributed by atoms with Crippen molar-refractivity contribution in [1.82, 2.24) is 19.4 Å². The van der Waals surface area contributed by atoms with Gasteiger partial charge in [-0.15, -0.1) is 0 Å². The van der Waals surface area contributed by atoms with E-state index in [4.69, 9.17) is 0 Å². The van der Waals surface area contributed by atoms with Crippen molar-refractivity contribution in [3.05, 3.63) is 54.5 Å². The molecule has 2 saturated heterocycles. The van der Waals surface area contributed by atoms with E-state index in [9.17, 15) is 8.78 Å². The molecular weight excluding hydrogens is 360 g/mol. The van der Waals surface area contributed by atoms with Gasteiger partial charge in [-0.05, 0) is 43.0 Å². The van der Waals surface area contributed by atoms with Gasteiger partial charge in [0.2, 0.25) is 5.95 Å². The Morgan fingerprint density at radius 3 is 2.68 bits per heavy atom. The predicted octanol–water partition coefficient (Wildman–Crippen LogP) is 3.31. The first-order chi connectivity index (χ1) is 13.7. The molecule has 1 aromatic carbocycles. The van der Waals surface area contributed by atoms with Gasteiger partial charge in [0.15, 0.2) is 5.82 Å². The average molecular weight is 383 g/mol. The van der Waals surface area contributed by atoms with Crippen molar-refractivity contribution in [2.45, 2.75) is 25.4 Å². The minimum absolute atomic E-state index is 0.186. The second kappa shape index (κ2) is 7.13. The smallest absolute Gasteiger partial charge is 0.225 e. The molecule has 2 aromatic heterocycles. The van der Waals surface area contributed by atoms with E-state index in [1.54, 1.807) is 6.07 Å². The van der Waals surface area contributed by atoms with Crippen LogP contribution in [-0.2, 0) is 6.54 Å². The summed E-state index contributed by atoms with van der Waals surface area (Å²) in [6.07, 6.45) is 6.84. The lowest BCUT2D eigenvalue weighted by Gasteiger charge is -2.46. The third-order valence-electron chi connectivity index (χ3n) is 6.08. The number of nitrogens with zero attached hydrogens (tertiary/aromatic N) is 5. The fourth-order valence-corrected chi connectivity index (χ4v) is 4.67. The molecule has 0 amide bonds. The van der Waals surface area contributed by atoms with Gasteiger partial charge in [-0.1, -0.05) is 0 Å². The quantitative estimate of drug-likeness (QED) is 0.695. The third kappa shape index (κ3) is 3.35. The summed E-state index contributed by atoms with van der Waals surface area (Å²) in [5.41, 5.74) is 1.10. The van der Waals surface area contributed by atoms with Crippen LogP contribution in [0.4, 0.5) is 14.7 Å². The fraction of sp³-hybridized carbons (Fsp3) is 0.429. The molecule has 3 aromatic rings. The topological polar surface area (TPSA) is 37.2 Å². The van der Waals surface area contributed by atoms with Crippen molar-refractivity contribution in [1.29, 1.82) is 0 Å². The number of anilines is 1. The lowest BCUT2D eigenvalue weighted by atomic mass is 9.91. The SMILES string of the molecule is Fc1cnc(N2CCN3C[C@H](Cn4ccc5cc(F)ccc54)CCC3C2)nc1. The first-order valence-corrected chi connectivity index (χ1v) is 9.86. The molecule has 146 valence electrons. The van der Waals surface area contributed by atoms with Crippen molar-refractivity contribution < 1.29 is 8.78 Å². The molecular formula is C21H23F2N5. The second-order valence-electron chi connectivity index (χ2n) is 7.91. The maximum atomic E-state index is 13.4. The summed E-state index contributed by atoms with van der Waals surface area (Å²) in [4.78, 5) is 13.0. The average Bonchev–Trinajstić information content (AvgIpc) is 3.10. The first-order valence-electron chi connectivity index (χ1n) is 9.86. The Bertz CT molecular complexity index is 971. The van der Waals surface area contributed by atoms with Gasteiger partial charge in [0.05, 0.1) is 12.4 Å². The molecule has 28 heavy (non-hydrogen) atoms. The number of rotatable bonds is 3. The normalized spacial score (nSPS) is 23.1. The van der Waals surface area contributed by atoms with Crippen LogP contribution >= 0.6 is 0 Å². The molecule has 0 saturated carbocycles. The number of hydrogen-bond donors (Lipinski definition) is 0. The van der Waals surface area contributed by atoms with Crippen LogP contribution in [0.1, 0.15) is 12.8 Å². The third-order valence-corrected chi connectivity index (χ3v) is 6.08. The van der Waals surface area contributed by atoms with Gasteiger partial charge >= 0.3 is 0 Å². The molecule has 4 heterocycles. The van der Waals surface area contributed by atoms with Gasteiger partial charge < -0.3 is 9.47 Å². The standard InChI is InChI=1S/C21H23F2N5/c22-17-2-4-20-16(9-17)5-6-27(20)13-15-1-3-19-14-28(8-7-26(19)12-15)21-24-10-18(23)11-25-21/h2,4-6,9-11,15,19H,1,3,7-8,12-14H2/t15-,19?/m1/s1. The monoisotopic (exact) mass is 383 g/mol. The van der Waals surface area contributed by atoms with Crippen molar-refractivity contribution >= 4 is 16.9 Å². The minimum atomic E-state index is -0.400. The van der Waals surface area contributed by atoms with E-state index >= 15 is 0 Å². The van der Waals surface area contributed by atoms with E-state index in [1.807, 2.05) is 12.1 Å². The molecule has 0 radical (unpaired) electrons. The largest absolute Gasteiger partial charge is 0.347 e. The molecule has 2 atom stereocenters. The summed E-state index contributed by atoms with van der Waals surface area (Å²) >= 11 is 0. The molecule has 0 bridgehead atoms. The number of halogens is 2. The number of hydrogen-bond acceptors (Lipinski definition) is 4. The Kier molecular flexibility index (Phi) is 4.47. The van der Waals surface area contributed by atoms with Crippen LogP contribution < -0.4 is 4.90 Å². The van der Waals surface area contributed by atoms with Gasteiger partial charge in [0, 0.05) is 55.9 Å². The zero-order valence-corrected chi connectivity index (χ0v) is 15.6. The van der Waals surface area contributed by atoms with E-state index in [-0.39, 0.29) is 5.82 Å². The Labute approximate surface area is 162 Å². The molecule has 2 fully saturated rings. The number of piperidine rings is 1. The van der Waals surface area contributed by atoms with Crippen molar-refractivity contribution in [3.8, 4) is 0 Å². The van der Waals surface area contributed by atoms with E-state index in [0.29, 0.717) is 17.9 Å². The summed E-state index contributed by atoms with van der Waals surface area (Å²) in [6, 6.07) is 7.49. The van der Waals surface area contributed by atoms with Crippen LogP contribution in [0, 0.1) is 17.6 Å². The zero-order chi connectivity index (χ0) is 19.1. The molecule has 2 aliphatic rings. The zero-order valence-electron chi connectivity index (χ0n) is 15.6. The van der Waals surface area contributed by atoms with Gasteiger partial charge in [-0.2, -0.15) is 0 Å². The maximum Gasteiger partial charge on any atom is 0.225 e. The number of piperazine rings is 1. The molecule has 5 nitrogen and oxygen atoms in total. The van der Waals surface area contributed by atoms with Gasteiger partial charge in [-0.3, -0.25) is 4.90 Å². The predicted molar refractivity (Wildman–Crippen MR) is 104 cm³/mol. The molecule has 5 rings (SSSR count). The van der Waals surface area contributed by atoms with E-state index in [2.05, 4.69) is 30.5 Å². The Hall–Kier alpha value is -2.54. The molecule has 0 spiro atoms. The van der Waals surface area contributed by atoms with E-state index in [1.165, 1.54) is 24.9 Å². The number of aromatic nitrogens is 3. The van der Waals surface area contributed by atoms with Crippen LogP contribution in [0.15, 0.2) is 42.9 Å². The Morgan fingerprint density at radius 1 is 0.964 bits per heavy atom. The van der Waals surface area contributed by atoms with Gasteiger partial charge in [0.1, 0.15) is 5.82 Å².